The molecule has 1 N–H and O–H groups in total. The van der Waals surface area contributed by atoms with Gasteiger partial charge in [-0.25, -0.2) is 4.39 Å². The average molecular weight is 279 g/mol. The van der Waals surface area contributed by atoms with E-state index >= 15 is 0 Å². The van der Waals surface area contributed by atoms with E-state index in [0.29, 0.717) is 5.56 Å². The monoisotopic (exact) mass is 279 g/mol. The van der Waals surface area contributed by atoms with Crippen LogP contribution in [0.1, 0.15) is 22.8 Å². The van der Waals surface area contributed by atoms with E-state index in [1.807, 2.05) is 0 Å². The van der Waals surface area contributed by atoms with Gasteiger partial charge in [0, 0.05) is 6.92 Å². The molecule has 0 heterocycles. The predicted molar refractivity (Wildman–Crippen MR) is 60.8 cm³/mol. The lowest BCUT2D eigenvalue weighted by Gasteiger charge is -2.15. The molecular formula is C12H13F4NO2. The molecule has 0 spiro atoms. The number of amides is 1. The zero-order valence-corrected chi connectivity index (χ0v) is 10.3. The number of rotatable bonds is 4. The molecule has 7 heteroatoms. The largest absolute Gasteiger partial charge is 0.460 e. The van der Waals surface area contributed by atoms with Crippen LogP contribution in [0.4, 0.5) is 17.6 Å². The number of nitrogens with one attached hydrogen (secondary N) is 1. The standard InChI is InChI=1S/C12H13F4NO2/c1-7-4-3-5-9(19-8(2)13)10(7)11(18)17-6-12(14,15)16/h3-5,8H,6H2,1-2H3,(H,17,18). The van der Waals surface area contributed by atoms with Crippen molar-refractivity contribution in [2.45, 2.75) is 26.4 Å². The molecule has 3 nitrogen and oxygen atoms in total. The van der Waals surface area contributed by atoms with Crippen molar-refractivity contribution in [3.8, 4) is 5.75 Å². The minimum Gasteiger partial charge on any atom is -0.460 e. The van der Waals surface area contributed by atoms with Gasteiger partial charge >= 0.3 is 6.18 Å². The SMILES string of the molecule is Cc1cccc(OC(C)F)c1C(=O)NCC(F)(F)F. The van der Waals surface area contributed by atoms with Crippen molar-refractivity contribution in [2.75, 3.05) is 6.54 Å². The molecule has 0 aliphatic rings. The van der Waals surface area contributed by atoms with Gasteiger partial charge in [-0.05, 0) is 18.6 Å². The highest BCUT2D eigenvalue weighted by Crippen LogP contribution is 2.24. The molecule has 0 radical (unpaired) electrons. The Balaban J connectivity index is 2.94. The fourth-order valence-corrected chi connectivity index (χ4v) is 1.47. The van der Waals surface area contributed by atoms with Gasteiger partial charge in [0.15, 0.2) is 0 Å². The van der Waals surface area contributed by atoms with Gasteiger partial charge in [-0.15, -0.1) is 0 Å². The Kier molecular flexibility index (Phi) is 4.74. The third kappa shape index (κ3) is 4.76. The lowest BCUT2D eigenvalue weighted by molar-refractivity contribution is -0.123. The molecule has 1 aromatic carbocycles. The molecular weight excluding hydrogens is 266 g/mol. The molecule has 0 saturated heterocycles. The number of aryl methyl sites for hydroxylation is 1. The van der Waals surface area contributed by atoms with Crippen LogP contribution in [0.3, 0.4) is 0 Å². The van der Waals surface area contributed by atoms with E-state index in [4.69, 9.17) is 4.74 Å². The Morgan fingerprint density at radius 3 is 2.58 bits per heavy atom. The van der Waals surface area contributed by atoms with Crippen molar-refractivity contribution in [1.82, 2.24) is 5.32 Å². The number of halogens is 4. The molecule has 0 aromatic heterocycles. The quantitative estimate of drug-likeness (QED) is 0.860. The molecule has 0 aliphatic carbocycles. The first kappa shape index (κ1) is 15.3. The van der Waals surface area contributed by atoms with E-state index in [-0.39, 0.29) is 11.3 Å². The summed E-state index contributed by atoms with van der Waals surface area (Å²) in [5.74, 6) is -1.04. The Bertz CT molecular complexity index is 458. The normalized spacial score (nSPS) is 12.9. The molecule has 106 valence electrons. The summed E-state index contributed by atoms with van der Waals surface area (Å²) in [5, 5.41) is 1.73. The Morgan fingerprint density at radius 1 is 1.42 bits per heavy atom. The van der Waals surface area contributed by atoms with Crippen LogP contribution in [0.5, 0.6) is 5.75 Å². The van der Waals surface area contributed by atoms with Gasteiger partial charge in [-0.1, -0.05) is 12.1 Å². The lowest BCUT2D eigenvalue weighted by Crippen LogP contribution is -2.34. The number of alkyl halides is 4. The van der Waals surface area contributed by atoms with Crippen LogP contribution in [0.2, 0.25) is 0 Å². The molecule has 19 heavy (non-hydrogen) atoms. The van der Waals surface area contributed by atoms with Crippen molar-refractivity contribution in [2.24, 2.45) is 0 Å². The number of benzene rings is 1. The van der Waals surface area contributed by atoms with E-state index in [1.165, 1.54) is 25.1 Å². The number of hydrogen-bond donors (Lipinski definition) is 1. The van der Waals surface area contributed by atoms with E-state index in [0.717, 1.165) is 6.92 Å². The van der Waals surface area contributed by atoms with Gasteiger partial charge in [0.25, 0.3) is 5.91 Å². The minimum absolute atomic E-state index is 0.0883. The van der Waals surface area contributed by atoms with E-state index in [9.17, 15) is 22.4 Å². The smallest absolute Gasteiger partial charge is 0.405 e. The number of ether oxygens (including phenoxy) is 1. The van der Waals surface area contributed by atoms with Crippen LogP contribution in [-0.4, -0.2) is 25.0 Å². The molecule has 0 saturated carbocycles. The van der Waals surface area contributed by atoms with Crippen LogP contribution in [0, 0.1) is 6.92 Å². The van der Waals surface area contributed by atoms with Crippen molar-refractivity contribution in [3.05, 3.63) is 29.3 Å². The maximum Gasteiger partial charge on any atom is 0.405 e. The number of carbonyl (C=O) groups excluding carboxylic acids is 1. The third-order valence-electron chi connectivity index (χ3n) is 2.20. The summed E-state index contributed by atoms with van der Waals surface area (Å²) in [6, 6.07) is 4.37. The molecule has 1 rings (SSSR count). The van der Waals surface area contributed by atoms with Gasteiger partial charge in [0.05, 0.1) is 5.56 Å². The van der Waals surface area contributed by atoms with Crippen LogP contribution in [0.15, 0.2) is 18.2 Å². The highest BCUT2D eigenvalue weighted by atomic mass is 19.4. The van der Waals surface area contributed by atoms with Crippen LogP contribution >= 0.6 is 0 Å². The molecule has 1 aromatic rings. The van der Waals surface area contributed by atoms with Crippen LogP contribution in [0.25, 0.3) is 0 Å². The summed E-state index contributed by atoms with van der Waals surface area (Å²) < 4.78 is 53.7. The molecule has 1 atom stereocenters. The molecule has 0 fully saturated rings. The summed E-state index contributed by atoms with van der Waals surface area (Å²) in [5.41, 5.74) is 0.300. The maximum absolute atomic E-state index is 12.8. The van der Waals surface area contributed by atoms with Crippen LogP contribution in [-0.2, 0) is 0 Å². The summed E-state index contributed by atoms with van der Waals surface area (Å²) >= 11 is 0. The highest BCUT2D eigenvalue weighted by Gasteiger charge is 2.29. The summed E-state index contributed by atoms with van der Waals surface area (Å²) in [6.45, 7) is 1.18. The summed E-state index contributed by atoms with van der Waals surface area (Å²) in [6.07, 6.45) is -6.18. The number of carbonyl (C=O) groups is 1. The second-order valence-electron chi connectivity index (χ2n) is 3.91. The van der Waals surface area contributed by atoms with Crippen molar-refractivity contribution >= 4 is 5.91 Å². The Morgan fingerprint density at radius 2 is 2.05 bits per heavy atom. The molecule has 1 amide bonds. The maximum atomic E-state index is 12.8. The second-order valence-corrected chi connectivity index (χ2v) is 3.91. The van der Waals surface area contributed by atoms with E-state index in [2.05, 4.69) is 0 Å². The highest BCUT2D eigenvalue weighted by molar-refractivity contribution is 5.98. The second kappa shape index (κ2) is 5.90. The number of hydrogen-bond acceptors (Lipinski definition) is 2. The Labute approximate surface area is 107 Å². The lowest BCUT2D eigenvalue weighted by atomic mass is 10.1. The zero-order valence-electron chi connectivity index (χ0n) is 10.3. The first-order chi connectivity index (χ1) is 8.70. The fraction of sp³-hybridized carbons (Fsp3) is 0.417. The van der Waals surface area contributed by atoms with Crippen molar-refractivity contribution in [3.63, 3.8) is 0 Å². The van der Waals surface area contributed by atoms with Crippen LogP contribution < -0.4 is 10.1 Å². The first-order valence-corrected chi connectivity index (χ1v) is 5.46. The van der Waals surface area contributed by atoms with Crippen molar-refractivity contribution < 1.29 is 27.1 Å². The average Bonchev–Trinajstić information content (AvgIpc) is 2.24. The van der Waals surface area contributed by atoms with Gasteiger partial charge in [-0.3, -0.25) is 4.79 Å². The zero-order chi connectivity index (χ0) is 14.6. The van der Waals surface area contributed by atoms with Gasteiger partial charge in [0.2, 0.25) is 6.36 Å². The summed E-state index contributed by atoms with van der Waals surface area (Å²) in [4.78, 5) is 11.7. The van der Waals surface area contributed by atoms with E-state index in [1.54, 1.807) is 5.32 Å². The molecule has 0 aliphatic heterocycles. The minimum atomic E-state index is -4.51. The van der Waals surface area contributed by atoms with Gasteiger partial charge in [0.1, 0.15) is 12.3 Å². The van der Waals surface area contributed by atoms with Gasteiger partial charge < -0.3 is 10.1 Å². The fourth-order valence-electron chi connectivity index (χ4n) is 1.47. The predicted octanol–water partition coefficient (Wildman–Crippen LogP) is 2.98. The van der Waals surface area contributed by atoms with Gasteiger partial charge in [-0.2, -0.15) is 13.2 Å². The first-order valence-electron chi connectivity index (χ1n) is 5.46. The Hall–Kier alpha value is -1.79. The third-order valence-corrected chi connectivity index (χ3v) is 2.20. The molecule has 0 bridgehead atoms. The van der Waals surface area contributed by atoms with E-state index < -0.39 is 25.0 Å². The summed E-state index contributed by atoms with van der Waals surface area (Å²) in [7, 11) is 0. The van der Waals surface area contributed by atoms with Crippen molar-refractivity contribution in [1.29, 1.82) is 0 Å². The topological polar surface area (TPSA) is 38.3 Å². The molecule has 1 unspecified atom stereocenters.